The van der Waals surface area contributed by atoms with Gasteiger partial charge in [-0.3, -0.25) is 4.79 Å². The third kappa shape index (κ3) is 4.40. The molecule has 1 amide bonds. The number of anilines is 1. The quantitative estimate of drug-likeness (QED) is 0.669. The van der Waals surface area contributed by atoms with E-state index in [1.807, 2.05) is 0 Å². The van der Waals surface area contributed by atoms with Gasteiger partial charge in [-0.2, -0.15) is 5.10 Å². The number of nitrogens with one attached hydrogen (secondary N) is 1. The number of amides is 1. The van der Waals surface area contributed by atoms with Gasteiger partial charge >= 0.3 is 12.3 Å². The van der Waals surface area contributed by atoms with E-state index in [1.54, 1.807) is 19.2 Å². The van der Waals surface area contributed by atoms with E-state index in [0.29, 0.717) is 11.2 Å². The standard InChI is InChI=1S/C18H14F3N3O4/c1-2-27-17(26)14-10-22-24-8-7-12(9-15(14)24)23-16(25)11-3-5-13(6-4-11)28-18(19,20)21/h3-10H,2H2,1H3,(H,23,25). The number of alkyl halides is 3. The molecule has 0 fully saturated rings. The number of aromatic nitrogens is 2. The van der Waals surface area contributed by atoms with Crippen LogP contribution in [0.5, 0.6) is 5.75 Å². The second-order valence-corrected chi connectivity index (χ2v) is 5.55. The van der Waals surface area contributed by atoms with E-state index in [9.17, 15) is 22.8 Å². The summed E-state index contributed by atoms with van der Waals surface area (Å²) in [5.74, 6) is -1.51. The van der Waals surface area contributed by atoms with Gasteiger partial charge in [0.05, 0.1) is 18.3 Å². The van der Waals surface area contributed by atoms with Crippen molar-refractivity contribution < 1.29 is 32.2 Å². The first-order valence-electron chi connectivity index (χ1n) is 8.08. The molecule has 10 heteroatoms. The van der Waals surface area contributed by atoms with Gasteiger partial charge in [0.1, 0.15) is 11.3 Å². The van der Waals surface area contributed by atoms with Crippen molar-refractivity contribution in [1.82, 2.24) is 9.61 Å². The number of carbonyl (C=O) groups excluding carboxylic acids is 2. The van der Waals surface area contributed by atoms with Crippen LogP contribution >= 0.6 is 0 Å². The zero-order valence-electron chi connectivity index (χ0n) is 14.5. The van der Waals surface area contributed by atoms with E-state index in [0.717, 1.165) is 12.1 Å². The zero-order chi connectivity index (χ0) is 20.3. The Balaban J connectivity index is 1.77. The number of fused-ring (bicyclic) bond motifs is 1. The number of hydrogen-bond donors (Lipinski definition) is 1. The van der Waals surface area contributed by atoms with Crippen molar-refractivity contribution in [3.63, 3.8) is 0 Å². The minimum absolute atomic E-state index is 0.133. The van der Waals surface area contributed by atoms with Crippen LogP contribution in [0, 0.1) is 0 Å². The molecule has 0 saturated carbocycles. The molecule has 0 aliphatic rings. The summed E-state index contributed by atoms with van der Waals surface area (Å²) in [4.78, 5) is 24.3. The fraction of sp³-hybridized carbons (Fsp3) is 0.167. The third-order valence-electron chi connectivity index (χ3n) is 3.62. The second-order valence-electron chi connectivity index (χ2n) is 5.55. The summed E-state index contributed by atoms with van der Waals surface area (Å²) in [7, 11) is 0. The van der Waals surface area contributed by atoms with Gasteiger partial charge in [0.2, 0.25) is 0 Å². The topological polar surface area (TPSA) is 81.9 Å². The van der Waals surface area contributed by atoms with Gasteiger partial charge in [-0.15, -0.1) is 13.2 Å². The van der Waals surface area contributed by atoms with E-state index < -0.39 is 24.0 Å². The number of esters is 1. The highest BCUT2D eigenvalue weighted by molar-refractivity contribution is 6.05. The van der Waals surface area contributed by atoms with E-state index in [1.165, 1.54) is 28.9 Å². The number of pyridine rings is 1. The SMILES string of the molecule is CCOC(=O)c1cnn2ccc(NC(=O)c3ccc(OC(F)(F)F)cc3)cc12. The minimum atomic E-state index is -4.80. The van der Waals surface area contributed by atoms with E-state index in [2.05, 4.69) is 15.2 Å². The van der Waals surface area contributed by atoms with Gasteiger partial charge in [0, 0.05) is 17.4 Å². The molecule has 0 atom stereocenters. The Morgan fingerprint density at radius 3 is 2.54 bits per heavy atom. The van der Waals surface area contributed by atoms with Gasteiger partial charge < -0.3 is 14.8 Å². The lowest BCUT2D eigenvalue weighted by atomic mass is 10.2. The maximum absolute atomic E-state index is 12.3. The number of ether oxygens (including phenoxy) is 2. The van der Waals surface area contributed by atoms with Crippen LogP contribution < -0.4 is 10.1 Å². The molecule has 0 radical (unpaired) electrons. The number of nitrogens with zero attached hydrogens (tertiary/aromatic N) is 2. The highest BCUT2D eigenvalue weighted by atomic mass is 19.4. The van der Waals surface area contributed by atoms with Gasteiger partial charge in [-0.25, -0.2) is 9.31 Å². The summed E-state index contributed by atoms with van der Waals surface area (Å²) >= 11 is 0. The van der Waals surface area contributed by atoms with Crippen molar-refractivity contribution in [1.29, 1.82) is 0 Å². The highest BCUT2D eigenvalue weighted by Crippen LogP contribution is 2.23. The van der Waals surface area contributed by atoms with Crippen LogP contribution in [0.1, 0.15) is 27.6 Å². The smallest absolute Gasteiger partial charge is 0.462 e. The molecule has 2 heterocycles. The Morgan fingerprint density at radius 2 is 1.89 bits per heavy atom. The number of hydrogen-bond acceptors (Lipinski definition) is 5. The van der Waals surface area contributed by atoms with E-state index in [-0.39, 0.29) is 17.7 Å². The first-order chi connectivity index (χ1) is 13.3. The molecular formula is C18H14F3N3O4. The average molecular weight is 393 g/mol. The summed E-state index contributed by atoms with van der Waals surface area (Å²) in [5, 5.41) is 6.65. The van der Waals surface area contributed by atoms with Crippen molar-refractivity contribution in [2.24, 2.45) is 0 Å². The van der Waals surface area contributed by atoms with Crippen molar-refractivity contribution in [3.05, 3.63) is 59.9 Å². The normalized spacial score (nSPS) is 11.3. The summed E-state index contributed by atoms with van der Waals surface area (Å²) in [6.07, 6.45) is -1.90. The lowest BCUT2D eigenvalue weighted by Gasteiger charge is -2.10. The number of benzene rings is 1. The number of carbonyl (C=O) groups is 2. The largest absolute Gasteiger partial charge is 0.573 e. The third-order valence-corrected chi connectivity index (χ3v) is 3.62. The Kier molecular flexibility index (Phi) is 5.21. The molecule has 1 N–H and O–H groups in total. The van der Waals surface area contributed by atoms with Crippen molar-refractivity contribution in [2.75, 3.05) is 11.9 Å². The van der Waals surface area contributed by atoms with Gasteiger partial charge in [-0.1, -0.05) is 0 Å². The molecule has 0 unspecified atom stereocenters. The number of rotatable bonds is 5. The molecule has 0 aliphatic heterocycles. The van der Waals surface area contributed by atoms with Crippen LogP contribution in [-0.2, 0) is 4.74 Å². The summed E-state index contributed by atoms with van der Waals surface area (Å²) in [6.45, 7) is 1.89. The van der Waals surface area contributed by atoms with Crippen LogP contribution in [0.3, 0.4) is 0 Å². The Hall–Kier alpha value is -3.56. The predicted molar refractivity (Wildman–Crippen MR) is 92.2 cm³/mol. The first kappa shape index (κ1) is 19.2. The zero-order valence-corrected chi connectivity index (χ0v) is 14.5. The lowest BCUT2D eigenvalue weighted by Crippen LogP contribution is -2.17. The number of halogens is 3. The molecular weight excluding hydrogens is 379 g/mol. The Labute approximate surface area is 156 Å². The molecule has 0 bridgehead atoms. The first-order valence-corrected chi connectivity index (χ1v) is 8.08. The molecule has 2 aromatic heterocycles. The van der Waals surface area contributed by atoms with Gasteiger partial charge in [-0.05, 0) is 43.3 Å². The molecule has 1 aromatic carbocycles. The Bertz CT molecular complexity index is 1010. The fourth-order valence-electron chi connectivity index (χ4n) is 2.44. The molecule has 7 nitrogen and oxygen atoms in total. The summed E-state index contributed by atoms with van der Waals surface area (Å²) < 4.78 is 46.7. The van der Waals surface area contributed by atoms with Crippen molar-refractivity contribution in [2.45, 2.75) is 13.3 Å². The van der Waals surface area contributed by atoms with Gasteiger partial charge in [0.15, 0.2) is 0 Å². The molecule has 0 aliphatic carbocycles. The van der Waals surface area contributed by atoms with E-state index >= 15 is 0 Å². The van der Waals surface area contributed by atoms with Crippen LogP contribution in [0.4, 0.5) is 18.9 Å². The van der Waals surface area contributed by atoms with Crippen LogP contribution in [0.2, 0.25) is 0 Å². The fourth-order valence-corrected chi connectivity index (χ4v) is 2.44. The average Bonchev–Trinajstić information content (AvgIpc) is 3.04. The molecule has 146 valence electrons. The molecule has 3 aromatic rings. The predicted octanol–water partition coefficient (Wildman–Crippen LogP) is 3.66. The maximum Gasteiger partial charge on any atom is 0.573 e. The highest BCUT2D eigenvalue weighted by Gasteiger charge is 2.31. The van der Waals surface area contributed by atoms with Crippen molar-refractivity contribution in [3.8, 4) is 5.75 Å². The summed E-state index contributed by atoms with van der Waals surface area (Å²) in [6, 6.07) is 7.60. The van der Waals surface area contributed by atoms with Crippen LogP contribution in [0.25, 0.3) is 5.52 Å². The Morgan fingerprint density at radius 1 is 1.18 bits per heavy atom. The monoisotopic (exact) mass is 393 g/mol. The van der Waals surface area contributed by atoms with E-state index in [4.69, 9.17) is 4.74 Å². The second kappa shape index (κ2) is 7.59. The molecule has 0 saturated heterocycles. The molecule has 0 spiro atoms. The van der Waals surface area contributed by atoms with Crippen LogP contribution in [-0.4, -0.2) is 34.5 Å². The van der Waals surface area contributed by atoms with Crippen molar-refractivity contribution >= 4 is 23.1 Å². The molecule has 3 rings (SSSR count). The maximum atomic E-state index is 12.3. The summed E-state index contributed by atoms with van der Waals surface area (Å²) in [5.41, 5.74) is 1.18. The van der Waals surface area contributed by atoms with Crippen LogP contribution in [0.15, 0.2) is 48.8 Å². The lowest BCUT2D eigenvalue weighted by molar-refractivity contribution is -0.274. The minimum Gasteiger partial charge on any atom is -0.462 e. The van der Waals surface area contributed by atoms with Gasteiger partial charge in [0.25, 0.3) is 5.91 Å². The molecule has 28 heavy (non-hydrogen) atoms.